The van der Waals surface area contributed by atoms with Gasteiger partial charge in [0.25, 0.3) is 0 Å². The van der Waals surface area contributed by atoms with Crippen LogP contribution in [-0.4, -0.2) is 52.9 Å². The molecular formula is C21H29N3O3. The Bertz CT molecular complexity index is 773. The SMILES string of the molecule is CC(C)(C)OC(=O)N1CC[C@@H](CCOCCc2ccc3cccnc3n2)C1. The number of carbonyl (C=O) groups excluding carboxylic acids is 1. The van der Waals surface area contributed by atoms with Gasteiger partial charge in [-0.2, -0.15) is 0 Å². The van der Waals surface area contributed by atoms with Crippen molar-refractivity contribution in [3.05, 3.63) is 36.2 Å². The highest BCUT2D eigenvalue weighted by Crippen LogP contribution is 2.22. The minimum atomic E-state index is -0.440. The molecule has 1 saturated heterocycles. The van der Waals surface area contributed by atoms with E-state index in [0.29, 0.717) is 19.1 Å². The standard InChI is InChI=1S/C21H29N3O3/c1-21(2,3)27-20(25)24-12-8-16(15-24)9-13-26-14-10-18-7-6-17-5-4-11-22-19(17)23-18/h4-7,11,16H,8-10,12-15H2,1-3H3/t16-/m0/s1. The minimum Gasteiger partial charge on any atom is -0.444 e. The Morgan fingerprint density at radius 2 is 2.11 bits per heavy atom. The van der Waals surface area contributed by atoms with Crippen LogP contribution < -0.4 is 0 Å². The van der Waals surface area contributed by atoms with Crippen LogP contribution in [0.4, 0.5) is 4.79 Å². The lowest BCUT2D eigenvalue weighted by Gasteiger charge is -2.24. The van der Waals surface area contributed by atoms with Crippen LogP contribution in [0.5, 0.6) is 0 Å². The fraction of sp³-hybridized carbons (Fsp3) is 0.571. The number of nitrogens with zero attached hydrogens (tertiary/aromatic N) is 3. The van der Waals surface area contributed by atoms with E-state index >= 15 is 0 Å². The molecule has 0 N–H and O–H groups in total. The smallest absolute Gasteiger partial charge is 0.410 e. The van der Waals surface area contributed by atoms with E-state index in [4.69, 9.17) is 9.47 Å². The minimum absolute atomic E-state index is 0.207. The van der Waals surface area contributed by atoms with Crippen molar-refractivity contribution in [2.24, 2.45) is 5.92 Å². The number of likely N-dealkylation sites (tertiary alicyclic amines) is 1. The zero-order valence-electron chi connectivity index (χ0n) is 16.5. The first-order valence-electron chi connectivity index (χ1n) is 9.67. The van der Waals surface area contributed by atoms with Crippen LogP contribution in [0.25, 0.3) is 11.0 Å². The number of ether oxygens (including phenoxy) is 2. The van der Waals surface area contributed by atoms with E-state index in [9.17, 15) is 4.79 Å². The monoisotopic (exact) mass is 371 g/mol. The van der Waals surface area contributed by atoms with Gasteiger partial charge in [-0.05, 0) is 63.8 Å². The van der Waals surface area contributed by atoms with Crippen molar-refractivity contribution in [1.29, 1.82) is 0 Å². The number of carbonyl (C=O) groups is 1. The fourth-order valence-electron chi connectivity index (χ4n) is 3.22. The van der Waals surface area contributed by atoms with Gasteiger partial charge in [-0.3, -0.25) is 0 Å². The molecule has 3 rings (SSSR count). The number of fused-ring (bicyclic) bond motifs is 1. The largest absolute Gasteiger partial charge is 0.444 e. The molecule has 146 valence electrons. The molecule has 0 radical (unpaired) electrons. The van der Waals surface area contributed by atoms with Crippen LogP contribution in [0.15, 0.2) is 30.5 Å². The second-order valence-electron chi connectivity index (χ2n) is 8.08. The normalized spacial score (nSPS) is 17.4. The number of amides is 1. The number of hydrogen-bond donors (Lipinski definition) is 0. The molecule has 1 amide bonds. The summed E-state index contributed by atoms with van der Waals surface area (Å²) < 4.78 is 11.2. The van der Waals surface area contributed by atoms with E-state index in [0.717, 1.165) is 49.1 Å². The molecule has 1 aliphatic heterocycles. The van der Waals surface area contributed by atoms with Gasteiger partial charge in [0.2, 0.25) is 0 Å². The van der Waals surface area contributed by atoms with Crippen LogP contribution in [0.1, 0.15) is 39.3 Å². The van der Waals surface area contributed by atoms with Crippen molar-refractivity contribution in [2.45, 2.75) is 45.6 Å². The lowest BCUT2D eigenvalue weighted by atomic mass is 10.1. The second-order valence-corrected chi connectivity index (χ2v) is 8.08. The van der Waals surface area contributed by atoms with Gasteiger partial charge in [0.1, 0.15) is 5.60 Å². The third-order valence-corrected chi connectivity index (χ3v) is 4.63. The van der Waals surface area contributed by atoms with Crippen molar-refractivity contribution in [3.63, 3.8) is 0 Å². The molecule has 6 heteroatoms. The molecule has 1 aliphatic rings. The summed E-state index contributed by atoms with van der Waals surface area (Å²) in [6, 6.07) is 8.01. The van der Waals surface area contributed by atoms with Crippen molar-refractivity contribution in [3.8, 4) is 0 Å². The third-order valence-electron chi connectivity index (χ3n) is 4.63. The summed E-state index contributed by atoms with van der Waals surface area (Å²) in [6.45, 7) is 8.57. The molecule has 27 heavy (non-hydrogen) atoms. The molecule has 2 aromatic rings. The predicted molar refractivity (Wildman–Crippen MR) is 105 cm³/mol. The Balaban J connectivity index is 1.34. The molecule has 0 aromatic carbocycles. The van der Waals surface area contributed by atoms with Gasteiger partial charge in [-0.25, -0.2) is 14.8 Å². The Labute approximate surface area is 160 Å². The van der Waals surface area contributed by atoms with E-state index in [1.54, 1.807) is 6.20 Å². The summed E-state index contributed by atoms with van der Waals surface area (Å²) in [5, 5.41) is 1.05. The average Bonchev–Trinajstić information content (AvgIpc) is 3.09. The van der Waals surface area contributed by atoms with Crippen molar-refractivity contribution in [2.75, 3.05) is 26.3 Å². The molecule has 6 nitrogen and oxygen atoms in total. The van der Waals surface area contributed by atoms with Gasteiger partial charge in [0.05, 0.1) is 6.61 Å². The van der Waals surface area contributed by atoms with Crippen LogP contribution in [-0.2, 0) is 15.9 Å². The van der Waals surface area contributed by atoms with E-state index < -0.39 is 5.60 Å². The summed E-state index contributed by atoms with van der Waals surface area (Å²) in [7, 11) is 0. The maximum Gasteiger partial charge on any atom is 0.410 e. The first kappa shape index (κ1) is 19.5. The first-order chi connectivity index (χ1) is 12.9. The molecule has 0 saturated carbocycles. The maximum atomic E-state index is 12.1. The number of pyridine rings is 2. The summed E-state index contributed by atoms with van der Waals surface area (Å²) in [5.41, 5.74) is 1.34. The summed E-state index contributed by atoms with van der Waals surface area (Å²) in [6.07, 6.45) is 4.31. The Morgan fingerprint density at radius 1 is 1.26 bits per heavy atom. The lowest BCUT2D eigenvalue weighted by Crippen LogP contribution is -2.35. The van der Waals surface area contributed by atoms with Crippen LogP contribution in [0.2, 0.25) is 0 Å². The molecule has 1 fully saturated rings. The van der Waals surface area contributed by atoms with E-state index in [1.807, 2.05) is 43.9 Å². The van der Waals surface area contributed by atoms with E-state index in [1.165, 1.54) is 0 Å². The van der Waals surface area contributed by atoms with Crippen LogP contribution in [0.3, 0.4) is 0 Å². The molecule has 3 heterocycles. The van der Waals surface area contributed by atoms with Gasteiger partial charge in [-0.1, -0.05) is 0 Å². The van der Waals surface area contributed by atoms with Crippen molar-refractivity contribution >= 4 is 17.1 Å². The zero-order valence-corrected chi connectivity index (χ0v) is 16.5. The predicted octanol–water partition coefficient (Wildman–Crippen LogP) is 3.84. The molecular weight excluding hydrogens is 342 g/mol. The van der Waals surface area contributed by atoms with Gasteiger partial charge in [-0.15, -0.1) is 0 Å². The van der Waals surface area contributed by atoms with Gasteiger partial charge < -0.3 is 14.4 Å². The number of hydrogen-bond acceptors (Lipinski definition) is 5. The van der Waals surface area contributed by atoms with Gasteiger partial charge >= 0.3 is 6.09 Å². The van der Waals surface area contributed by atoms with Gasteiger partial charge in [0, 0.05) is 43.4 Å². The Kier molecular flexibility index (Phi) is 6.26. The number of aromatic nitrogens is 2. The molecule has 0 spiro atoms. The summed E-state index contributed by atoms with van der Waals surface area (Å²) in [4.78, 5) is 22.7. The molecule has 2 aromatic heterocycles. The summed E-state index contributed by atoms with van der Waals surface area (Å²) in [5.74, 6) is 0.487. The van der Waals surface area contributed by atoms with Crippen LogP contribution in [0, 0.1) is 5.92 Å². The van der Waals surface area contributed by atoms with E-state index in [-0.39, 0.29) is 6.09 Å². The van der Waals surface area contributed by atoms with Gasteiger partial charge in [0.15, 0.2) is 5.65 Å². The molecule has 1 atom stereocenters. The Morgan fingerprint density at radius 3 is 2.93 bits per heavy atom. The highest BCUT2D eigenvalue weighted by molar-refractivity contribution is 5.74. The first-order valence-corrected chi connectivity index (χ1v) is 9.67. The highest BCUT2D eigenvalue weighted by Gasteiger charge is 2.29. The molecule has 0 aliphatic carbocycles. The highest BCUT2D eigenvalue weighted by atomic mass is 16.6. The molecule has 0 unspecified atom stereocenters. The third kappa shape index (κ3) is 5.89. The zero-order chi connectivity index (χ0) is 19.3. The van der Waals surface area contributed by atoms with Crippen LogP contribution >= 0.6 is 0 Å². The van der Waals surface area contributed by atoms with E-state index in [2.05, 4.69) is 16.0 Å². The summed E-state index contributed by atoms with van der Waals surface area (Å²) >= 11 is 0. The quantitative estimate of drug-likeness (QED) is 0.722. The second kappa shape index (κ2) is 8.65. The average molecular weight is 371 g/mol. The van der Waals surface area contributed by atoms with Crippen molar-refractivity contribution < 1.29 is 14.3 Å². The maximum absolute atomic E-state index is 12.1. The fourth-order valence-corrected chi connectivity index (χ4v) is 3.22. The molecule has 0 bridgehead atoms. The van der Waals surface area contributed by atoms with Crippen molar-refractivity contribution in [1.82, 2.24) is 14.9 Å². The number of rotatable bonds is 6. The topological polar surface area (TPSA) is 64.5 Å². The Hall–Kier alpha value is -2.21. The lowest BCUT2D eigenvalue weighted by molar-refractivity contribution is 0.0284.